The Labute approximate surface area is 209 Å². The highest BCUT2D eigenvalue weighted by molar-refractivity contribution is 6.02. The Morgan fingerprint density at radius 2 is 1.92 bits per heavy atom. The second-order valence-corrected chi connectivity index (χ2v) is 8.88. The highest BCUT2D eigenvalue weighted by Crippen LogP contribution is 2.38. The standard InChI is InChI=1S/C26H30N8O2/c1-5-25(35)28-20-14-21(24(36-4)15-23(20)33-12-10-31(2)11-13-33)29-26-27-16-19-6-7-22(34(19)30-26)18-8-9-32(3)17-18/h5-9,14-17H,1,10-13H2,2-4H3,(H,28,35)(H,29,30). The van der Waals surface area contributed by atoms with Gasteiger partial charge in [0.1, 0.15) is 5.75 Å². The van der Waals surface area contributed by atoms with Gasteiger partial charge in [0.15, 0.2) is 0 Å². The monoisotopic (exact) mass is 486 g/mol. The maximum atomic E-state index is 12.2. The summed E-state index contributed by atoms with van der Waals surface area (Å²) in [6.45, 7) is 7.16. The van der Waals surface area contributed by atoms with E-state index in [0.717, 1.165) is 48.6 Å². The molecule has 1 aliphatic heterocycles. The molecule has 0 saturated carbocycles. The zero-order chi connectivity index (χ0) is 25.2. The van der Waals surface area contributed by atoms with E-state index in [0.29, 0.717) is 23.1 Å². The van der Waals surface area contributed by atoms with Crippen LogP contribution in [0.2, 0.25) is 0 Å². The van der Waals surface area contributed by atoms with Crippen LogP contribution in [-0.4, -0.2) is 70.3 Å². The lowest BCUT2D eigenvalue weighted by molar-refractivity contribution is -0.111. The van der Waals surface area contributed by atoms with Crippen molar-refractivity contribution in [1.29, 1.82) is 0 Å². The summed E-state index contributed by atoms with van der Waals surface area (Å²) in [5.41, 5.74) is 5.12. The number of hydrogen-bond donors (Lipinski definition) is 2. The topological polar surface area (TPSA) is 92.0 Å². The maximum Gasteiger partial charge on any atom is 0.247 e. The Bertz CT molecular complexity index is 1410. The molecule has 0 aliphatic carbocycles. The molecule has 0 radical (unpaired) electrons. The third-order valence-electron chi connectivity index (χ3n) is 6.38. The number of anilines is 4. The largest absolute Gasteiger partial charge is 0.494 e. The summed E-state index contributed by atoms with van der Waals surface area (Å²) < 4.78 is 9.59. The predicted molar refractivity (Wildman–Crippen MR) is 142 cm³/mol. The Morgan fingerprint density at radius 1 is 1.11 bits per heavy atom. The molecule has 0 atom stereocenters. The van der Waals surface area contributed by atoms with Crippen molar-refractivity contribution in [2.45, 2.75) is 0 Å². The summed E-state index contributed by atoms with van der Waals surface area (Å²) in [5.74, 6) is 0.751. The van der Waals surface area contributed by atoms with Gasteiger partial charge >= 0.3 is 0 Å². The van der Waals surface area contributed by atoms with Gasteiger partial charge in [0.2, 0.25) is 11.9 Å². The predicted octanol–water partition coefficient (Wildman–Crippen LogP) is 3.36. The first-order valence-electron chi connectivity index (χ1n) is 11.8. The molecule has 5 rings (SSSR count). The minimum Gasteiger partial charge on any atom is -0.494 e. The van der Waals surface area contributed by atoms with Crippen molar-refractivity contribution in [3.8, 4) is 17.0 Å². The van der Waals surface area contributed by atoms with E-state index in [2.05, 4.69) is 39.0 Å². The van der Waals surface area contributed by atoms with E-state index in [1.807, 2.05) is 58.9 Å². The molecule has 0 bridgehead atoms. The van der Waals surface area contributed by atoms with Crippen LogP contribution in [0.15, 0.2) is 61.6 Å². The van der Waals surface area contributed by atoms with Crippen molar-refractivity contribution in [3.63, 3.8) is 0 Å². The zero-order valence-electron chi connectivity index (χ0n) is 20.7. The molecule has 1 aromatic carbocycles. The SMILES string of the molecule is C=CC(=O)Nc1cc(Nc2ncc3ccc(-c4ccn(C)c4)n3n2)c(OC)cc1N1CCN(C)CC1. The molecule has 2 N–H and O–H groups in total. The molecule has 1 amide bonds. The molecule has 10 nitrogen and oxygen atoms in total. The van der Waals surface area contributed by atoms with E-state index >= 15 is 0 Å². The summed E-state index contributed by atoms with van der Waals surface area (Å²) in [5, 5.41) is 11.0. The summed E-state index contributed by atoms with van der Waals surface area (Å²) in [6, 6.07) is 9.86. The molecular weight excluding hydrogens is 456 g/mol. The molecule has 4 aromatic rings. The smallest absolute Gasteiger partial charge is 0.247 e. The van der Waals surface area contributed by atoms with Crippen LogP contribution in [0.4, 0.5) is 23.0 Å². The lowest BCUT2D eigenvalue weighted by Gasteiger charge is -2.35. The second-order valence-electron chi connectivity index (χ2n) is 8.88. The number of likely N-dealkylation sites (N-methyl/N-ethyl adjacent to an activating group) is 1. The van der Waals surface area contributed by atoms with E-state index in [1.54, 1.807) is 13.3 Å². The minimum atomic E-state index is -0.279. The molecule has 10 heteroatoms. The molecule has 0 spiro atoms. The number of fused-ring (bicyclic) bond motifs is 1. The van der Waals surface area contributed by atoms with Gasteiger partial charge in [0, 0.05) is 57.3 Å². The van der Waals surface area contributed by atoms with Crippen LogP contribution in [-0.2, 0) is 11.8 Å². The van der Waals surface area contributed by atoms with E-state index in [-0.39, 0.29) is 5.91 Å². The molecule has 1 saturated heterocycles. The van der Waals surface area contributed by atoms with Crippen LogP contribution >= 0.6 is 0 Å². The highest BCUT2D eigenvalue weighted by Gasteiger charge is 2.21. The first-order valence-corrected chi connectivity index (χ1v) is 11.8. The van der Waals surface area contributed by atoms with Gasteiger partial charge in [-0.2, -0.15) is 0 Å². The van der Waals surface area contributed by atoms with Gasteiger partial charge in [-0.3, -0.25) is 4.79 Å². The van der Waals surface area contributed by atoms with Gasteiger partial charge in [-0.05, 0) is 37.4 Å². The quantitative estimate of drug-likeness (QED) is 0.387. The number of nitrogens with zero attached hydrogens (tertiary/aromatic N) is 6. The van der Waals surface area contributed by atoms with Crippen LogP contribution in [0.25, 0.3) is 16.8 Å². The van der Waals surface area contributed by atoms with Crippen molar-refractivity contribution in [2.75, 3.05) is 55.9 Å². The Kier molecular flexibility index (Phi) is 6.34. The summed E-state index contributed by atoms with van der Waals surface area (Å²) >= 11 is 0. The third-order valence-corrected chi connectivity index (χ3v) is 6.38. The van der Waals surface area contributed by atoms with E-state index in [4.69, 9.17) is 9.84 Å². The first kappa shape index (κ1) is 23.4. The van der Waals surface area contributed by atoms with Crippen molar-refractivity contribution in [2.24, 2.45) is 7.05 Å². The average Bonchev–Trinajstić information content (AvgIpc) is 3.50. The minimum absolute atomic E-state index is 0.279. The van der Waals surface area contributed by atoms with Gasteiger partial charge < -0.3 is 29.7 Å². The fraction of sp³-hybridized carbons (Fsp3) is 0.269. The molecule has 0 unspecified atom stereocenters. The summed E-state index contributed by atoms with van der Waals surface area (Å²) in [7, 11) is 5.72. The molecule has 1 fully saturated rings. The lowest BCUT2D eigenvalue weighted by Crippen LogP contribution is -2.44. The molecule has 3 aromatic heterocycles. The first-order chi connectivity index (χ1) is 17.4. The molecule has 4 heterocycles. The van der Waals surface area contributed by atoms with Crippen molar-refractivity contribution in [1.82, 2.24) is 24.1 Å². The fourth-order valence-electron chi connectivity index (χ4n) is 4.38. The Morgan fingerprint density at radius 3 is 2.61 bits per heavy atom. The summed E-state index contributed by atoms with van der Waals surface area (Å²) in [6.07, 6.45) is 7.08. The average molecular weight is 487 g/mol. The normalized spacial score (nSPS) is 14.1. The van der Waals surface area contributed by atoms with Gasteiger partial charge in [0.25, 0.3) is 0 Å². The third kappa shape index (κ3) is 4.63. The number of carbonyl (C=O) groups is 1. The zero-order valence-corrected chi connectivity index (χ0v) is 20.7. The number of nitrogens with one attached hydrogen (secondary N) is 2. The Hall–Kier alpha value is -4.31. The number of aromatic nitrogens is 4. The molecular formula is C26H30N8O2. The van der Waals surface area contributed by atoms with Crippen LogP contribution < -0.4 is 20.3 Å². The summed E-state index contributed by atoms with van der Waals surface area (Å²) in [4.78, 5) is 21.3. The number of methoxy groups -OCH3 is 1. The van der Waals surface area contributed by atoms with Crippen LogP contribution in [0, 0.1) is 0 Å². The number of amides is 1. The van der Waals surface area contributed by atoms with E-state index < -0.39 is 0 Å². The fourth-order valence-corrected chi connectivity index (χ4v) is 4.38. The Balaban J connectivity index is 1.52. The number of benzene rings is 1. The van der Waals surface area contributed by atoms with Crippen molar-refractivity contribution < 1.29 is 9.53 Å². The van der Waals surface area contributed by atoms with Crippen LogP contribution in [0.1, 0.15) is 0 Å². The number of hydrogen-bond acceptors (Lipinski definition) is 7. The lowest BCUT2D eigenvalue weighted by atomic mass is 10.1. The number of piperazine rings is 1. The number of carbonyl (C=O) groups excluding carboxylic acids is 1. The van der Waals surface area contributed by atoms with Crippen LogP contribution in [0.5, 0.6) is 5.75 Å². The molecule has 36 heavy (non-hydrogen) atoms. The maximum absolute atomic E-state index is 12.2. The number of rotatable bonds is 7. The number of aryl methyl sites for hydroxylation is 1. The van der Waals surface area contributed by atoms with Crippen molar-refractivity contribution >= 4 is 34.4 Å². The molecule has 186 valence electrons. The van der Waals surface area contributed by atoms with Gasteiger partial charge in [0.05, 0.1) is 41.6 Å². The highest BCUT2D eigenvalue weighted by atomic mass is 16.5. The second kappa shape index (κ2) is 9.74. The van der Waals surface area contributed by atoms with Gasteiger partial charge in [-0.1, -0.05) is 6.58 Å². The number of ether oxygens (including phenoxy) is 1. The van der Waals surface area contributed by atoms with Crippen LogP contribution in [0.3, 0.4) is 0 Å². The van der Waals surface area contributed by atoms with E-state index in [9.17, 15) is 4.79 Å². The van der Waals surface area contributed by atoms with Crippen molar-refractivity contribution in [3.05, 3.63) is 61.6 Å². The van der Waals surface area contributed by atoms with Gasteiger partial charge in [-0.25, -0.2) is 9.50 Å². The molecule has 1 aliphatic rings. The van der Waals surface area contributed by atoms with Gasteiger partial charge in [-0.15, -0.1) is 5.10 Å². The van der Waals surface area contributed by atoms with E-state index in [1.165, 1.54) is 6.08 Å².